The molecule has 1 saturated heterocycles. The van der Waals surface area contributed by atoms with Crippen LogP contribution in [0.3, 0.4) is 0 Å². The highest BCUT2D eigenvalue weighted by Crippen LogP contribution is 2.31. The minimum absolute atomic E-state index is 0.165. The van der Waals surface area contributed by atoms with Gasteiger partial charge >= 0.3 is 0 Å². The standard InChI is InChI=1S/C18H17N3O2S/c22-16-8-4-2-6-14(16)17-19-15-7-3-1-5-13(15)18(20-17)21-9-11-24(23)12-10-21/h1-8,22H,9-12H2. The third-order valence-corrected chi connectivity index (χ3v) is 5.48. The summed E-state index contributed by atoms with van der Waals surface area (Å²) in [6.07, 6.45) is 0. The van der Waals surface area contributed by atoms with Crippen molar-refractivity contribution < 1.29 is 9.32 Å². The van der Waals surface area contributed by atoms with E-state index in [0.717, 1.165) is 16.7 Å². The zero-order valence-electron chi connectivity index (χ0n) is 13.1. The average molecular weight is 339 g/mol. The zero-order chi connectivity index (χ0) is 16.5. The summed E-state index contributed by atoms with van der Waals surface area (Å²) in [5.74, 6) is 2.83. The minimum Gasteiger partial charge on any atom is -0.507 e. The molecule has 1 fully saturated rings. The van der Waals surface area contributed by atoms with Crippen LogP contribution in [0.25, 0.3) is 22.3 Å². The maximum Gasteiger partial charge on any atom is 0.165 e. The highest BCUT2D eigenvalue weighted by Gasteiger charge is 2.20. The third kappa shape index (κ3) is 2.73. The van der Waals surface area contributed by atoms with Gasteiger partial charge in [-0.1, -0.05) is 24.3 Å². The Hall–Kier alpha value is -2.47. The lowest BCUT2D eigenvalue weighted by Crippen LogP contribution is -2.38. The van der Waals surface area contributed by atoms with Gasteiger partial charge < -0.3 is 10.0 Å². The van der Waals surface area contributed by atoms with Crippen LogP contribution in [0.1, 0.15) is 0 Å². The highest BCUT2D eigenvalue weighted by molar-refractivity contribution is 7.85. The molecule has 2 aromatic carbocycles. The second kappa shape index (κ2) is 6.20. The molecule has 6 heteroatoms. The average Bonchev–Trinajstić information content (AvgIpc) is 2.62. The van der Waals surface area contributed by atoms with E-state index >= 15 is 0 Å². The van der Waals surface area contributed by atoms with E-state index in [-0.39, 0.29) is 5.75 Å². The maximum absolute atomic E-state index is 11.7. The molecular weight excluding hydrogens is 322 g/mol. The van der Waals surface area contributed by atoms with E-state index in [0.29, 0.717) is 36.0 Å². The molecule has 24 heavy (non-hydrogen) atoms. The van der Waals surface area contributed by atoms with Crippen LogP contribution in [0.4, 0.5) is 5.82 Å². The molecule has 1 aromatic heterocycles. The number of fused-ring (bicyclic) bond motifs is 1. The van der Waals surface area contributed by atoms with Gasteiger partial charge in [0.15, 0.2) is 5.82 Å². The van der Waals surface area contributed by atoms with Crippen LogP contribution >= 0.6 is 0 Å². The van der Waals surface area contributed by atoms with Gasteiger partial charge in [-0.05, 0) is 24.3 Å². The number of aromatic nitrogens is 2. The van der Waals surface area contributed by atoms with Gasteiger partial charge in [-0.2, -0.15) is 0 Å². The van der Waals surface area contributed by atoms with E-state index in [1.54, 1.807) is 12.1 Å². The Morgan fingerprint density at radius 3 is 2.46 bits per heavy atom. The van der Waals surface area contributed by atoms with Crippen LogP contribution in [0.15, 0.2) is 48.5 Å². The number of para-hydroxylation sites is 2. The fourth-order valence-electron chi connectivity index (χ4n) is 2.93. The molecule has 0 unspecified atom stereocenters. The van der Waals surface area contributed by atoms with E-state index in [9.17, 15) is 9.32 Å². The lowest BCUT2D eigenvalue weighted by molar-refractivity contribution is 0.477. The summed E-state index contributed by atoms with van der Waals surface area (Å²) in [6, 6.07) is 15.0. The molecule has 1 aliphatic heterocycles. The van der Waals surface area contributed by atoms with Crippen LogP contribution in [0, 0.1) is 0 Å². The Labute approximate surface area is 142 Å². The van der Waals surface area contributed by atoms with Crippen LogP contribution in [0.5, 0.6) is 5.75 Å². The summed E-state index contributed by atoms with van der Waals surface area (Å²) in [5.41, 5.74) is 1.46. The molecule has 3 aromatic rings. The highest BCUT2D eigenvalue weighted by atomic mass is 32.2. The fraction of sp³-hybridized carbons (Fsp3) is 0.222. The molecule has 1 N–H and O–H groups in total. The lowest BCUT2D eigenvalue weighted by Gasteiger charge is -2.28. The van der Waals surface area contributed by atoms with Crippen molar-refractivity contribution in [2.75, 3.05) is 29.5 Å². The molecular formula is C18H17N3O2S. The van der Waals surface area contributed by atoms with Crippen LogP contribution < -0.4 is 4.90 Å². The van der Waals surface area contributed by atoms with Gasteiger partial charge in [0.25, 0.3) is 0 Å². The number of hydrogen-bond donors (Lipinski definition) is 1. The smallest absolute Gasteiger partial charge is 0.165 e. The van der Waals surface area contributed by atoms with Gasteiger partial charge in [0.1, 0.15) is 11.6 Å². The van der Waals surface area contributed by atoms with Crippen molar-refractivity contribution in [3.05, 3.63) is 48.5 Å². The van der Waals surface area contributed by atoms with Gasteiger partial charge in [-0.15, -0.1) is 0 Å². The Kier molecular flexibility index (Phi) is 3.90. The van der Waals surface area contributed by atoms with Crippen LogP contribution in [-0.4, -0.2) is 43.9 Å². The number of phenolic OH excluding ortho intramolecular Hbond substituents is 1. The molecule has 2 heterocycles. The zero-order valence-corrected chi connectivity index (χ0v) is 13.9. The summed E-state index contributed by atoms with van der Waals surface area (Å²) in [5, 5.41) is 11.1. The molecule has 0 bridgehead atoms. The number of rotatable bonds is 2. The Morgan fingerprint density at radius 1 is 0.958 bits per heavy atom. The number of benzene rings is 2. The van der Waals surface area contributed by atoms with Crippen LogP contribution in [-0.2, 0) is 10.8 Å². The summed E-state index contributed by atoms with van der Waals surface area (Å²) in [4.78, 5) is 11.5. The first-order valence-electron chi connectivity index (χ1n) is 7.87. The van der Waals surface area contributed by atoms with Crippen molar-refractivity contribution in [1.29, 1.82) is 0 Å². The van der Waals surface area contributed by atoms with Crippen molar-refractivity contribution in [1.82, 2.24) is 9.97 Å². The molecule has 4 rings (SSSR count). The van der Waals surface area contributed by atoms with E-state index in [4.69, 9.17) is 4.98 Å². The Bertz CT molecular complexity index is 919. The number of phenols is 1. The quantitative estimate of drug-likeness (QED) is 0.777. The largest absolute Gasteiger partial charge is 0.507 e. The van der Waals surface area contributed by atoms with Crippen molar-refractivity contribution in [3.8, 4) is 17.1 Å². The lowest BCUT2D eigenvalue weighted by atomic mass is 10.1. The molecule has 5 nitrogen and oxygen atoms in total. The van der Waals surface area contributed by atoms with Gasteiger partial charge in [0, 0.05) is 40.8 Å². The first-order valence-corrected chi connectivity index (χ1v) is 9.36. The normalized spacial score (nSPS) is 15.8. The first kappa shape index (κ1) is 15.1. The van der Waals surface area contributed by atoms with E-state index in [1.165, 1.54) is 0 Å². The van der Waals surface area contributed by atoms with E-state index < -0.39 is 10.8 Å². The van der Waals surface area contributed by atoms with E-state index in [1.807, 2.05) is 36.4 Å². The molecule has 122 valence electrons. The molecule has 0 amide bonds. The summed E-state index contributed by atoms with van der Waals surface area (Å²) >= 11 is 0. The van der Waals surface area contributed by atoms with Crippen molar-refractivity contribution in [3.63, 3.8) is 0 Å². The van der Waals surface area contributed by atoms with E-state index in [2.05, 4.69) is 9.88 Å². The Balaban J connectivity index is 1.88. The Morgan fingerprint density at radius 2 is 1.67 bits per heavy atom. The fourth-order valence-corrected chi connectivity index (χ4v) is 3.99. The van der Waals surface area contributed by atoms with Crippen LogP contribution in [0.2, 0.25) is 0 Å². The van der Waals surface area contributed by atoms with Gasteiger partial charge in [0.05, 0.1) is 11.1 Å². The minimum atomic E-state index is -0.738. The second-order valence-corrected chi connectivity index (χ2v) is 7.44. The molecule has 0 spiro atoms. The monoisotopic (exact) mass is 339 g/mol. The van der Waals surface area contributed by atoms with Crippen molar-refractivity contribution in [2.24, 2.45) is 0 Å². The predicted molar refractivity (Wildman–Crippen MR) is 96.7 cm³/mol. The van der Waals surface area contributed by atoms with Gasteiger partial charge in [-0.3, -0.25) is 4.21 Å². The number of anilines is 1. The predicted octanol–water partition coefficient (Wildman–Crippen LogP) is 2.57. The second-order valence-electron chi connectivity index (χ2n) is 5.74. The number of hydrogen-bond acceptors (Lipinski definition) is 5. The SMILES string of the molecule is O=S1CCN(c2nc(-c3ccccc3O)nc3ccccc23)CC1. The van der Waals surface area contributed by atoms with Crippen molar-refractivity contribution in [2.45, 2.75) is 0 Å². The third-order valence-electron chi connectivity index (χ3n) is 4.21. The van der Waals surface area contributed by atoms with Crippen molar-refractivity contribution >= 4 is 27.5 Å². The molecule has 1 aliphatic rings. The maximum atomic E-state index is 11.7. The molecule has 0 saturated carbocycles. The van der Waals surface area contributed by atoms with Gasteiger partial charge in [-0.25, -0.2) is 9.97 Å². The number of aromatic hydroxyl groups is 1. The molecule has 0 atom stereocenters. The topological polar surface area (TPSA) is 66.3 Å². The molecule has 0 radical (unpaired) electrons. The van der Waals surface area contributed by atoms with Gasteiger partial charge in [0.2, 0.25) is 0 Å². The summed E-state index contributed by atoms with van der Waals surface area (Å²) in [6.45, 7) is 1.43. The number of nitrogens with zero attached hydrogens (tertiary/aromatic N) is 3. The summed E-state index contributed by atoms with van der Waals surface area (Å²) in [7, 11) is -0.738. The summed E-state index contributed by atoms with van der Waals surface area (Å²) < 4.78 is 11.7. The first-order chi connectivity index (χ1) is 11.7. The molecule has 0 aliphatic carbocycles.